The molecule has 1 amide bonds. The molecule has 120 valence electrons. The molecule has 0 spiro atoms. The summed E-state index contributed by atoms with van der Waals surface area (Å²) in [6.45, 7) is 9.95. The van der Waals surface area contributed by atoms with E-state index in [1.807, 2.05) is 40.7 Å². The lowest BCUT2D eigenvalue weighted by molar-refractivity contribution is 0.0522. The van der Waals surface area contributed by atoms with Crippen molar-refractivity contribution in [3.8, 4) is 0 Å². The first-order valence-corrected chi connectivity index (χ1v) is 8.33. The van der Waals surface area contributed by atoms with Crippen molar-refractivity contribution in [1.82, 2.24) is 10.6 Å². The smallest absolute Gasteiger partial charge is 0.407 e. The molecule has 2 atom stereocenters. The highest BCUT2D eigenvalue weighted by molar-refractivity contribution is 7.20. The highest BCUT2D eigenvalue weighted by Crippen LogP contribution is 2.34. The second-order valence-corrected chi connectivity index (χ2v) is 8.24. The third kappa shape index (κ3) is 6.87. The molecule has 1 aromatic heterocycles. The van der Waals surface area contributed by atoms with Crippen LogP contribution in [0.1, 0.15) is 46.2 Å². The fourth-order valence-electron chi connectivity index (χ4n) is 1.77. The van der Waals surface area contributed by atoms with Crippen molar-refractivity contribution in [2.45, 2.75) is 52.3 Å². The molecule has 0 aromatic carbocycles. The van der Waals surface area contributed by atoms with Crippen molar-refractivity contribution in [3.63, 3.8) is 0 Å². The van der Waals surface area contributed by atoms with Crippen LogP contribution in [0.25, 0.3) is 0 Å². The van der Waals surface area contributed by atoms with Crippen LogP contribution in [0.2, 0.25) is 8.67 Å². The first-order chi connectivity index (χ1) is 9.58. The number of alkyl carbamates (subject to hydrolysis) is 1. The van der Waals surface area contributed by atoms with E-state index in [0.29, 0.717) is 15.2 Å². The molecule has 0 fully saturated rings. The quantitative estimate of drug-likeness (QED) is 0.812. The molecule has 0 aliphatic rings. The maximum absolute atomic E-state index is 11.6. The van der Waals surface area contributed by atoms with Crippen molar-refractivity contribution in [1.29, 1.82) is 0 Å². The van der Waals surface area contributed by atoms with Gasteiger partial charge in [-0.2, -0.15) is 0 Å². The maximum atomic E-state index is 11.6. The minimum absolute atomic E-state index is 0.0525. The van der Waals surface area contributed by atoms with Gasteiger partial charge in [0.2, 0.25) is 0 Å². The third-order valence-corrected chi connectivity index (χ3v) is 4.15. The number of amides is 1. The summed E-state index contributed by atoms with van der Waals surface area (Å²) in [4.78, 5) is 11.6. The number of ether oxygens (including phenoxy) is 1. The lowest BCUT2D eigenvalue weighted by Gasteiger charge is -2.23. The average molecular weight is 353 g/mol. The summed E-state index contributed by atoms with van der Waals surface area (Å²) in [6.07, 6.45) is -0.416. The number of hydrogen-bond acceptors (Lipinski definition) is 4. The summed E-state index contributed by atoms with van der Waals surface area (Å²) < 4.78 is 6.54. The molecule has 0 aliphatic carbocycles. The van der Waals surface area contributed by atoms with Crippen LogP contribution in [0.4, 0.5) is 4.79 Å². The molecule has 1 heterocycles. The van der Waals surface area contributed by atoms with Crippen LogP contribution in [0.3, 0.4) is 0 Å². The average Bonchev–Trinajstić information content (AvgIpc) is 2.63. The Labute approximate surface area is 140 Å². The lowest BCUT2D eigenvalue weighted by Crippen LogP contribution is -2.41. The zero-order valence-corrected chi connectivity index (χ0v) is 15.2. The fourth-order valence-corrected chi connectivity index (χ4v) is 3.42. The number of hydrogen-bond donors (Lipinski definition) is 2. The van der Waals surface area contributed by atoms with Gasteiger partial charge in [-0.25, -0.2) is 4.79 Å². The van der Waals surface area contributed by atoms with Gasteiger partial charge in [-0.3, -0.25) is 0 Å². The molecule has 0 bridgehead atoms. The minimum atomic E-state index is -0.491. The van der Waals surface area contributed by atoms with Crippen molar-refractivity contribution in [2.75, 3.05) is 6.54 Å². The number of carbonyl (C=O) groups is 1. The summed E-state index contributed by atoms with van der Waals surface area (Å²) in [5, 5.41) is 6.10. The molecule has 21 heavy (non-hydrogen) atoms. The monoisotopic (exact) mass is 352 g/mol. The van der Waals surface area contributed by atoms with Crippen LogP contribution in [0, 0.1) is 0 Å². The Morgan fingerprint density at radius 1 is 1.38 bits per heavy atom. The first-order valence-electron chi connectivity index (χ1n) is 6.76. The molecule has 0 saturated heterocycles. The van der Waals surface area contributed by atoms with Crippen molar-refractivity contribution >= 4 is 40.6 Å². The highest BCUT2D eigenvalue weighted by Gasteiger charge is 2.18. The summed E-state index contributed by atoms with van der Waals surface area (Å²) in [5.74, 6) is 0. The first kappa shape index (κ1) is 18.6. The molecule has 4 nitrogen and oxygen atoms in total. The van der Waals surface area contributed by atoms with Gasteiger partial charge in [-0.1, -0.05) is 23.2 Å². The Bertz CT molecular complexity index is 486. The van der Waals surface area contributed by atoms with Gasteiger partial charge in [-0.15, -0.1) is 11.3 Å². The molecule has 2 N–H and O–H groups in total. The summed E-state index contributed by atoms with van der Waals surface area (Å²) >= 11 is 13.4. The Hall–Kier alpha value is -0.490. The zero-order chi connectivity index (χ0) is 16.2. The number of rotatable bonds is 5. The Balaban J connectivity index is 2.41. The van der Waals surface area contributed by atoms with Crippen molar-refractivity contribution < 1.29 is 9.53 Å². The van der Waals surface area contributed by atoms with Gasteiger partial charge in [0.15, 0.2) is 0 Å². The van der Waals surface area contributed by atoms with E-state index >= 15 is 0 Å². The van der Waals surface area contributed by atoms with Gasteiger partial charge in [-0.05, 0) is 46.2 Å². The molecule has 2 unspecified atom stereocenters. The van der Waals surface area contributed by atoms with E-state index < -0.39 is 11.7 Å². The standard InChI is InChI=1S/C14H22Cl2N2O2S/c1-8(7-17-13(19)20-14(3,4)5)18-9(2)10-6-11(15)21-12(10)16/h6,8-9,18H,7H2,1-5H3,(H,17,19). The molecule has 1 rings (SSSR count). The largest absolute Gasteiger partial charge is 0.444 e. The topological polar surface area (TPSA) is 50.4 Å². The van der Waals surface area contributed by atoms with E-state index in [-0.39, 0.29) is 12.1 Å². The molecular formula is C14H22Cl2N2O2S. The highest BCUT2D eigenvalue weighted by atomic mass is 35.5. The van der Waals surface area contributed by atoms with Gasteiger partial charge < -0.3 is 15.4 Å². The second kappa shape index (κ2) is 7.68. The van der Waals surface area contributed by atoms with E-state index in [2.05, 4.69) is 10.6 Å². The van der Waals surface area contributed by atoms with Crippen LogP contribution in [-0.4, -0.2) is 24.3 Å². The lowest BCUT2D eigenvalue weighted by atomic mass is 10.1. The fraction of sp³-hybridized carbons (Fsp3) is 0.643. The van der Waals surface area contributed by atoms with Gasteiger partial charge in [0, 0.05) is 18.6 Å². The predicted molar refractivity (Wildman–Crippen MR) is 89.6 cm³/mol. The molecule has 7 heteroatoms. The van der Waals surface area contributed by atoms with Crippen LogP contribution in [0.5, 0.6) is 0 Å². The van der Waals surface area contributed by atoms with Crippen molar-refractivity contribution in [3.05, 3.63) is 20.3 Å². The molecule has 1 aromatic rings. The van der Waals surface area contributed by atoms with Crippen LogP contribution < -0.4 is 10.6 Å². The number of nitrogens with one attached hydrogen (secondary N) is 2. The van der Waals surface area contributed by atoms with Gasteiger partial charge in [0.1, 0.15) is 5.60 Å². The molecule has 0 saturated carbocycles. The van der Waals surface area contributed by atoms with E-state index in [9.17, 15) is 4.79 Å². The van der Waals surface area contributed by atoms with Gasteiger partial charge >= 0.3 is 6.09 Å². The second-order valence-electron chi connectivity index (χ2n) is 5.95. The third-order valence-electron chi connectivity index (χ3n) is 2.64. The molecular weight excluding hydrogens is 331 g/mol. The maximum Gasteiger partial charge on any atom is 0.407 e. The van der Waals surface area contributed by atoms with E-state index in [0.717, 1.165) is 5.56 Å². The van der Waals surface area contributed by atoms with E-state index in [1.54, 1.807) is 0 Å². The Morgan fingerprint density at radius 3 is 2.48 bits per heavy atom. The predicted octanol–water partition coefficient (Wildman–Crippen LogP) is 4.62. The number of carbonyl (C=O) groups excluding carboxylic acids is 1. The molecule has 0 aliphatic heterocycles. The summed E-state index contributed by atoms with van der Waals surface area (Å²) in [5.41, 5.74) is 0.477. The van der Waals surface area contributed by atoms with Crippen LogP contribution >= 0.6 is 34.5 Å². The number of halogens is 2. The van der Waals surface area contributed by atoms with Crippen LogP contribution in [0.15, 0.2) is 6.07 Å². The number of thiophene rings is 1. The summed E-state index contributed by atoms with van der Waals surface area (Å²) in [7, 11) is 0. The van der Waals surface area contributed by atoms with E-state index in [4.69, 9.17) is 27.9 Å². The van der Waals surface area contributed by atoms with Crippen LogP contribution in [-0.2, 0) is 4.74 Å². The van der Waals surface area contributed by atoms with Crippen molar-refractivity contribution in [2.24, 2.45) is 0 Å². The minimum Gasteiger partial charge on any atom is -0.444 e. The Morgan fingerprint density at radius 2 is 2.00 bits per heavy atom. The summed E-state index contributed by atoms with van der Waals surface area (Å²) in [6, 6.07) is 1.99. The Kier molecular flexibility index (Phi) is 6.78. The molecule has 0 radical (unpaired) electrons. The van der Waals surface area contributed by atoms with Gasteiger partial charge in [0.05, 0.1) is 8.67 Å². The SMILES string of the molecule is CC(CNC(=O)OC(C)(C)C)NC(C)c1cc(Cl)sc1Cl. The zero-order valence-electron chi connectivity index (χ0n) is 12.9. The normalized spacial score (nSPS) is 14.6. The van der Waals surface area contributed by atoms with E-state index in [1.165, 1.54) is 11.3 Å². The van der Waals surface area contributed by atoms with Gasteiger partial charge in [0.25, 0.3) is 0 Å².